The molecular weight excluding hydrogens is 396 g/mol. The van der Waals surface area contributed by atoms with Gasteiger partial charge in [0.2, 0.25) is 5.91 Å². The van der Waals surface area contributed by atoms with E-state index in [-0.39, 0.29) is 0 Å². The number of benzene rings is 1. The lowest BCUT2D eigenvalue weighted by molar-refractivity contribution is 0.1000. The van der Waals surface area contributed by atoms with E-state index in [1.165, 1.54) is 0 Å². The third-order valence-corrected chi connectivity index (χ3v) is 5.44. The smallest absolute Gasteiger partial charge is 0.248 e. The Morgan fingerprint density at radius 3 is 2.67 bits per heavy atom. The second kappa shape index (κ2) is 8.75. The molecule has 0 aliphatic rings. The van der Waals surface area contributed by atoms with Gasteiger partial charge in [-0.15, -0.1) is 11.3 Å². The van der Waals surface area contributed by atoms with Crippen LogP contribution in [0, 0.1) is 6.92 Å². The molecule has 0 saturated heterocycles. The lowest BCUT2D eigenvalue weighted by Crippen LogP contribution is -2.10. The van der Waals surface area contributed by atoms with Crippen LogP contribution in [0.3, 0.4) is 0 Å². The highest BCUT2D eigenvalue weighted by Crippen LogP contribution is 2.29. The highest BCUT2D eigenvalue weighted by Gasteiger charge is 2.07. The number of nitrogens with two attached hydrogens (primary N) is 1. The van der Waals surface area contributed by atoms with Crippen LogP contribution in [0.2, 0.25) is 0 Å². The standard InChI is InChI=1S/C23H20N4O2S/c1-15-11-12-25-22(13-15)27-21-4-2-3-19(26-21)20-10-9-18(30-20)14-29-17-7-5-16(6-8-17)23(24)28/h2-13H,14H2,1H3,(H2,24,28)(H,25,26,27). The number of carbonyl (C=O) groups is 1. The second-order valence-corrected chi connectivity index (χ2v) is 7.86. The summed E-state index contributed by atoms with van der Waals surface area (Å²) in [7, 11) is 0. The predicted molar refractivity (Wildman–Crippen MR) is 119 cm³/mol. The summed E-state index contributed by atoms with van der Waals surface area (Å²) in [5.74, 6) is 1.74. The molecule has 0 saturated carbocycles. The van der Waals surface area contributed by atoms with Crippen LogP contribution in [0.15, 0.2) is 72.9 Å². The fourth-order valence-electron chi connectivity index (χ4n) is 2.84. The molecule has 1 aromatic carbocycles. The van der Waals surface area contributed by atoms with Gasteiger partial charge in [0.05, 0.1) is 10.6 Å². The summed E-state index contributed by atoms with van der Waals surface area (Å²) in [6, 6.07) is 20.7. The molecule has 0 fully saturated rings. The molecule has 150 valence electrons. The van der Waals surface area contributed by atoms with Crippen LogP contribution in [-0.4, -0.2) is 15.9 Å². The van der Waals surface area contributed by atoms with Crippen molar-refractivity contribution >= 4 is 28.9 Å². The van der Waals surface area contributed by atoms with Crippen LogP contribution in [0.5, 0.6) is 5.75 Å². The number of aromatic nitrogens is 2. The zero-order valence-corrected chi connectivity index (χ0v) is 17.1. The van der Waals surface area contributed by atoms with Gasteiger partial charge in [-0.1, -0.05) is 6.07 Å². The average Bonchev–Trinajstić information content (AvgIpc) is 3.22. The number of amides is 1. The normalized spacial score (nSPS) is 10.6. The van der Waals surface area contributed by atoms with Gasteiger partial charge in [0.25, 0.3) is 0 Å². The van der Waals surface area contributed by atoms with Crippen LogP contribution >= 0.6 is 11.3 Å². The lowest BCUT2D eigenvalue weighted by Gasteiger charge is -2.07. The largest absolute Gasteiger partial charge is 0.488 e. The van der Waals surface area contributed by atoms with Crippen molar-refractivity contribution in [2.45, 2.75) is 13.5 Å². The number of pyridine rings is 2. The van der Waals surface area contributed by atoms with Crippen molar-refractivity contribution in [3.8, 4) is 16.3 Å². The summed E-state index contributed by atoms with van der Waals surface area (Å²) in [5, 5.41) is 3.25. The Bertz CT molecular complexity index is 1170. The molecule has 0 bridgehead atoms. The van der Waals surface area contributed by atoms with E-state index in [0.29, 0.717) is 17.9 Å². The fourth-order valence-corrected chi connectivity index (χ4v) is 3.73. The first-order valence-electron chi connectivity index (χ1n) is 9.35. The maximum Gasteiger partial charge on any atom is 0.248 e. The Morgan fingerprint density at radius 1 is 1.07 bits per heavy atom. The van der Waals surface area contributed by atoms with Crippen molar-refractivity contribution in [3.63, 3.8) is 0 Å². The van der Waals surface area contributed by atoms with E-state index in [4.69, 9.17) is 15.5 Å². The van der Waals surface area contributed by atoms with Gasteiger partial charge < -0.3 is 15.8 Å². The highest BCUT2D eigenvalue weighted by molar-refractivity contribution is 7.15. The minimum absolute atomic E-state index is 0.436. The van der Waals surface area contributed by atoms with E-state index in [9.17, 15) is 4.79 Å². The lowest BCUT2D eigenvalue weighted by atomic mass is 10.2. The Morgan fingerprint density at radius 2 is 1.90 bits per heavy atom. The number of anilines is 2. The number of hydrogen-bond donors (Lipinski definition) is 2. The summed E-state index contributed by atoms with van der Waals surface area (Å²) in [6.07, 6.45) is 1.77. The van der Waals surface area contributed by atoms with Gasteiger partial charge in [-0.2, -0.15) is 0 Å². The number of thiophene rings is 1. The fraction of sp³-hybridized carbons (Fsp3) is 0.0870. The van der Waals surface area contributed by atoms with E-state index in [0.717, 1.165) is 32.6 Å². The van der Waals surface area contributed by atoms with Crippen LogP contribution < -0.4 is 15.8 Å². The molecule has 3 heterocycles. The zero-order valence-electron chi connectivity index (χ0n) is 16.3. The van der Waals surface area contributed by atoms with Gasteiger partial charge in [-0.25, -0.2) is 9.97 Å². The number of ether oxygens (including phenoxy) is 1. The maximum atomic E-state index is 11.1. The van der Waals surface area contributed by atoms with Gasteiger partial charge in [0, 0.05) is 16.6 Å². The molecule has 1 amide bonds. The molecule has 4 rings (SSSR count). The van der Waals surface area contributed by atoms with Crippen molar-refractivity contribution in [3.05, 3.63) is 88.9 Å². The SMILES string of the molecule is Cc1ccnc(Nc2cccc(-c3ccc(COc4ccc(C(N)=O)cc4)s3)n2)c1. The molecule has 7 heteroatoms. The monoisotopic (exact) mass is 416 g/mol. The summed E-state index contributed by atoms with van der Waals surface area (Å²) < 4.78 is 5.81. The molecule has 6 nitrogen and oxygen atoms in total. The van der Waals surface area contributed by atoms with Gasteiger partial charge in [-0.05, 0) is 73.2 Å². The Balaban J connectivity index is 1.42. The van der Waals surface area contributed by atoms with E-state index in [2.05, 4.69) is 10.3 Å². The minimum Gasteiger partial charge on any atom is -0.488 e. The van der Waals surface area contributed by atoms with Crippen molar-refractivity contribution in [2.24, 2.45) is 5.73 Å². The first kappa shape index (κ1) is 19.6. The Hall–Kier alpha value is -3.71. The van der Waals surface area contributed by atoms with Crippen molar-refractivity contribution in [2.75, 3.05) is 5.32 Å². The van der Waals surface area contributed by atoms with Crippen molar-refractivity contribution in [1.82, 2.24) is 9.97 Å². The molecule has 3 aromatic heterocycles. The summed E-state index contributed by atoms with van der Waals surface area (Å²) >= 11 is 1.63. The molecule has 0 unspecified atom stereocenters. The number of carbonyl (C=O) groups excluding carboxylic acids is 1. The highest BCUT2D eigenvalue weighted by atomic mass is 32.1. The number of nitrogens with one attached hydrogen (secondary N) is 1. The quantitative estimate of drug-likeness (QED) is 0.446. The second-order valence-electron chi connectivity index (χ2n) is 6.69. The molecule has 0 spiro atoms. The number of primary amides is 1. The van der Waals surface area contributed by atoms with Crippen molar-refractivity contribution < 1.29 is 9.53 Å². The molecule has 4 aromatic rings. The zero-order chi connectivity index (χ0) is 20.9. The summed E-state index contributed by atoms with van der Waals surface area (Å²) in [5.41, 5.74) is 7.73. The molecule has 0 radical (unpaired) electrons. The molecule has 0 aliphatic heterocycles. The number of hydrogen-bond acceptors (Lipinski definition) is 6. The Labute approximate surface area is 178 Å². The topological polar surface area (TPSA) is 90.1 Å². The van der Waals surface area contributed by atoms with E-state index < -0.39 is 5.91 Å². The minimum atomic E-state index is -0.452. The van der Waals surface area contributed by atoms with E-state index >= 15 is 0 Å². The maximum absolute atomic E-state index is 11.1. The van der Waals surface area contributed by atoms with Gasteiger partial charge in [-0.3, -0.25) is 4.79 Å². The average molecular weight is 417 g/mol. The van der Waals surface area contributed by atoms with Gasteiger partial charge >= 0.3 is 0 Å². The van der Waals surface area contributed by atoms with Gasteiger partial charge in [0.1, 0.15) is 24.0 Å². The molecule has 3 N–H and O–H groups in total. The molecular formula is C23H20N4O2S. The first-order valence-corrected chi connectivity index (χ1v) is 10.2. The van der Waals surface area contributed by atoms with Crippen LogP contribution in [0.4, 0.5) is 11.6 Å². The first-order chi connectivity index (χ1) is 14.6. The number of nitrogens with zero attached hydrogens (tertiary/aromatic N) is 2. The Kier molecular flexibility index (Phi) is 5.72. The van der Waals surface area contributed by atoms with E-state index in [1.54, 1.807) is 41.8 Å². The summed E-state index contributed by atoms with van der Waals surface area (Å²) in [6.45, 7) is 2.46. The van der Waals surface area contributed by atoms with Crippen LogP contribution in [-0.2, 0) is 6.61 Å². The van der Waals surface area contributed by atoms with Crippen molar-refractivity contribution in [1.29, 1.82) is 0 Å². The third kappa shape index (κ3) is 4.82. The number of aryl methyl sites for hydroxylation is 1. The van der Waals surface area contributed by atoms with E-state index in [1.807, 2.05) is 49.4 Å². The van der Waals surface area contributed by atoms with Crippen LogP contribution in [0.25, 0.3) is 10.6 Å². The summed E-state index contributed by atoms with van der Waals surface area (Å²) in [4.78, 5) is 22.3. The van der Waals surface area contributed by atoms with Gasteiger partial charge in [0.15, 0.2) is 0 Å². The third-order valence-electron chi connectivity index (χ3n) is 4.35. The molecule has 0 aliphatic carbocycles. The number of rotatable bonds is 7. The molecule has 30 heavy (non-hydrogen) atoms. The molecule has 0 atom stereocenters. The predicted octanol–water partition coefficient (Wildman–Crippen LogP) is 4.94. The van der Waals surface area contributed by atoms with Crippen LogP contribution in [0.1, 0.15) is 20.8 Å².